The quantitative estimate of drug-likeness (QED) is 0.315. The van der Waals surface area contributed by atoms with Crippen molar-refractivity contribution in [2.45, 2.75) is 89.8 Å². The lowest BCUT2D eigenvalue weighted by Crippen LogP contribution is -2.59. The van der Waals surface area contributed by atoms with Crippen molar-refractivity contribution in [1.29, 1.82) is 0 Å². The van der Waals surface area contributed by atoms with Gasteiger partial charge in [-0.3, -0.25) is 9.59 Å². The van der Waals surface area contributed by atoms with E-state index in [9.17, 15) is 42.7 Å². The van der Waals surface area contributed by atoms with E-state index in [1.807, 2.05) is 0 Å². The van der Waals surface area contributed by atoms with E-state index in [4.69, 9.17) is 4.74 Å². The van der Waals surface area contributed by atoms with Crippen LogP contribution in [0.4, 0.5) is 18.9 Å². The molecule has 0 aromatic heterocycles. The number of nitroso groups, excluding NO2 is 1. The van der Waals surface area contributed by atoms with E-state index in [2.05, 4.69) is 25.9 Å². The molecule has 7 atom stereocenters. The van der Waals surface area contributed by atoms with Gasteiger partial charge in [-0.1, -0.05) is 26.8 Å². The molecule has 2 amide bonds. The van der Waals surface area contributed by atoms with E-state index in [0.29, 0.717) is 18.8 Å². The van der Waals surface area contributed by atoms with Crippen LogP contribution >= 0.6 is 0 Å². The average Bonchev–Trinajstić information content (AvgIpc) is 3.24. The number of phenolic OH excluding ortho intramolecular Hbond substituents is 1. The van der Waals surface area contributed by atoms with Crippen LogP contribution in [0, 0.1) is 27.1 Å². The van der Waals surface area contributed by atoms with Crippen LogP contribution in [0.5, 0.6) is 5.75 Å². The molecule has 1 saturated heterocycles. The van der Waals surface area contributed by atoms with Gasteiger partial charge >= 0.3 is 12.1 Å². The van der Waals surface area contributed by atoms with Crippen molar-refractivity contribution in [3.8, 4) is 5.75 Å². The standard InChI is InChI=1S/C28H34F3N3O7/c1-25(2)26(3)9-8-15-13-20(27(15,25)26)41-24(39)17-5-4-10-34(17)23(38)21(28(29,30)31)32-22(37)19(36)12-14-6-7-16(33-40)18(35)11-14/h6-7,11,15,17,19-21,35-36H,4-5,8-10,12-13H2,1-3H3,(H,32,37). The van der Waals surface area contributed by atoms with Crippen LogP contribution in [-0.4, -0.2) is 69.9 Å². The number of carbonyl (C=O) groups excluding carboxylic acids is 3. The third-order valence-corrected chi connectivity index (χ3v) is 10.7. The largest absolute Gasteiger partial charge is 0.506 e. The van der Waals surface area contributed by atoms with Crippen LogP contribution in [0.25, 0.3) is 0 Å². The van der Waals surface area contributed by atoms with Crippen molar-refractivity contribution in [2.75, 3.05) is 6.54 Å². The van der Waals surface area contributed by atoms with Gasteiger partial charge in [0.05, 0.1) is 0 Å². The van der Waals surface area contributed by atoms with Crippen molar-refractivity contribution >= 4 is 23.5 Å². The van der Waals surface area contributed by atoms with Crippen LogP contribution in [0.3, 0.4) is 0 Å². The summed E-state index contributed by atoms with van der Waals surface area (Å²) in [6, 6.07) is -0.758. The maximum Gasteiger partial charge on any atom is 0.417 e. The second-order valence-electron chi connectivity index (χ2n) is 12.5. The fourth-order valence-electron chi connectivity index (χ4n) is 8.46. The monoisotopic (exact) mass is 581 g/mol. The van der Waals surface area contributed by atoms with Crippen molar-refractivity contribution in [3.05, 3.63) is 28.7 Å². The lowest BCUT2D eigenvalue weighted by atomic mass is 9.64. The van der Waals surface area contributed by atoms with Crippen molar-refractivity contribution in [3.63, 3.8) is 0 Å². The molecule has 41 heavy (non-hydrogen) atoms. The second-order valence-corrected chi connectivity index (χ2v) is 12.5. The minimum Gasteiger partial charge on any atom is -0.506 e. The summed E-state index contributed by atoms with van der Waals surface area (Å²) in [4.78, 5) is 50.3. The van der Waals surface area contributed by atoms with Gasteiger partial charge in [-0.05, 0) is 71.7 Å². The van der Waals surface area contributed by atoms with Crippen LogP contribution < -0.4 is 5.32 Å². The molecular weight excluding hydrogens is 547 g/mol. The first-order valence-corrected chi connectivity index (χ1v) is 13.8. The molecule has 0 radical (unpaired) electrons. The molecule has 5 rings (SSSR count). The van der Waals surface area contributed by atoms with Crippen molar-refractivity contribution in [2.24, 2.45) is 27.3 Å². The van der Waals surface area contributed by atoms with E-state index >= 15 is 0 Å². The van der Waals surface area contributed by atoms with Gasteiger partial charge in [0, 0.05) is 18.4 Å². The second kappa shape index (κ2) is 9.67. The van der Waals surface area contributed by atoms with Gasteiger partial charge in [0.15, 0.2) is 0 Å². The smallest absolute Gasteiger partial charge is 0.417 e. The molecule has 4 fully saturated rings. The number of likely N-dealkylation sites (tertiary alicyclic amines) is 1. The summed E-state index contributed by atoms with van der Waals surface area (Å²) in [7, 11) is 0. The predicted octanol–water partition coefficient (Wildman–Crippen LogP) is 3.49. The van der Waals surface area contributed by atoms with Gasteiger partial charge in [-0.15, -0.1) is 4.91 Å². The number of halogens is 3. The first kappa shape index (κ1) is 29.3. The van der Waals surface area contributed by atoms with Gasteiger partial charge in [-0.2, -0.15) is 13.2 Å². The number of ether oxygens (including phenoxy) is 1. The van der Waals surface area contributed by atoms with E-state index in [0.717, 1.165) is 29.9 Å². The Bertz CT molecular complexity index is 1290. The topological polar surface area (TPSA) is 146 Å². The molecule has 224 valence electrons. The zero-order valence-electron chi connectivity index (χ0n) is 23.0. The number of amides is 2. The van der Waals surface area contributed by atoms with Crippen LogP contribution in [-0.2, 0) is 25.5 Å². The summed E-state index contributed by atoms with van der Waals surface area (Å²) >= 11 is 0. The molecule has 3 saturated carbocycles. The number of aliphatic hydroxyl groups excluding tert-OH is 1. The molecule has 1 aromatic carbocycles. The van der Waals surface area contributed by atoms with Gasteiger partial charge in [0.2, 0.25) is 11.9 Å². The molecule has 7 unspecified atom stereocenters. The summed E-state index contributed by atoms with van der Waals surface area (Å²) in [5.74, 6) is -3.78. The molecule has 1 heterocycles. The number of hydrogen-bond acceptors (Lipinski definition) is 8. The maximum atomic E-state index is 14.0. The molecule has 1 aromatic rings. The molecule has 4 aliphatic rings. The normalized spacial score (nSPS) is 32.7. The summed E-state index contributed by atoms with van der Waals surface area (Å²) in [5, 5.41) is 24.1. The number of rotatable bonds is 8. The highest BCUT2D eigenvalue weighted by molar-refractivity contribution is 5.93. The number of hydrogen-bond donors (Lipinski definition) is 3. The Labute approximate surface area is 234 Å². The average molecular weight is 582 g/mol. The number of aliphatic hydroxyl groups is 1. The summed E-state index contributed by atoms with van der Waals surface area (Å²) in [5.41, 5.74) is -0.260. The van der Waals surface area contributed by atoms with Crippen molar-refractivity contribution in [1.82, 2.24) is 10.2 Å². The van der Waals surface area contributed by atoms with Gasteiger partial charge in [0.25, 0.3) is 5.91 Å². The minimum atomic E-state index is -5.21. The number of phenols is 1. The molecule has 3 aliphatic carbocycles. The third-order valence-electron chi connectivity index (χ3n) is 10.7. The van der Waals surface area contributed by atoms with Gasteiger partial charge < -0.3 is 25.2 Å². The van der Waals surface area contributed by atoms with E-state index < -0.39 is 54.3 Å². The fraction of sp³-hybridized carbons (Fsp3) is 0.679. The number of carbonyl (C=O) groups is 3. The highest BCUT2D eigenvalue weighted by Crippen LogP contribution is 2.93. The maximum absolute atomic E-state index is 14.0. The predicted molar refractivity (Wildman–Crippen MR) is 138 cm³/mol. The number of alkyl halides is 3. The zero-order chi connectivity index (χ0) is 30.1. The van der Waals surface area contributed by atoms with Gasteiger partial charge in [0.1, 0.15) is 29.7 Å². The number of benzene rings is 1. The Morgan fingerprint density at radius 3 is 2.51 bits per heavy atom. The molecule has 0 bridgehead atoms. The lowest BCUT2D eigenvalue weighted by Gasteiger charge is -2.46. The molecule has 10 nitrogen and oxygen atoms in total. The van der Waals surface area contributed by atoms with Crippen LogP contribution in [0.1, 0.15) is 58.4 Å². The zero-order valence-corrected chi connectivity index (χ0v) is 23.0. The summed E-state index contributed by atoms with van der Waals surface area (Å²) in [6.45, 7) is 6.41. The highest BCUT2D eigenvalue weighted by atomic mass is 19.4. The van der Waals surface area contributed by atoms with E-state index in [1.165, 1.54) is 6.07 Å². The fourth-order valence-corrected chi connectivity index (χ4v) is 8.46. The Hall–Kier alpha value is -3.22. The number of esters is 1. The first-order chi connectivity index (χ1) is 19.1. The number of nitrogens with one attached hydrogen (secondary N) is 1. The van der Waals surface area contributed by atoms with Gasteiger partial charge in [-0.25, -0.2) is 4.79 Å². The highest BCUT2D eigenvalue weighted by Gasteiger charge is 2.91. The Morgan fingerprint density at radius 1 is 1.22 bits per heavy atom. The molecule has 13 heteroatoms. The van der Waals surface area contributed by atoms with Crippen LogP contribution in [0.2, 0.25) is 0 Å². The molecule has 1 aliphatic heterocycles. The minimum absolute atomic E-state index is 0.0179. The van der Waals surface area contributed by atoms with E-state index in [1.54, 1.807) is 5.32 Å². The number of nitrogens with zero attached hydrogens (tertiary/aromatic N) is 2. The number of aromatic hydroxyl groups is 1. The first-order valence-electron chi connectivity index (χ1n) is 13.8. The molecule has 3 N–H and O–H groups in total. The Morgan fingerprint density at radius 2 is 1.93 bits per heavy atom. The van der Waals surface area contributed by atoms with Crippen LogP contribution in [0.15, 0.2) is 23.4 Å². The summed E-state index contributed by atoms with van der Waals surface area (Å²) in [6.07, 6.45) is -4.82. The third kappa shape index (κ3) is 4.21. The van der Waals surface area contributed by atoms with E-state index in [-0.39, 0.29) is 46.6 Å². The molecule has 1 spiro atoms. The Kier molecular flexibility index (Phi) is 6.91. The lowest BCUT2D eigenvalue weighted by molar-refractivity contribution is -0.186. The molecular formula is C28H34F3N3O7. The summed E-state index contributed by atoms with van der Waals surface area (Å²) < 4.78 is 47.9. The SMILES string of the molecule is CC1(C)C2(C)CCC3CC(OC(=O)C4CCCN4C(=O)C(NC(=O)C(O)Cc4ccc(N=O)c(O)c4)C(F)(F)F)C312. The Balaban J connectivity index is 1.25. The van der Waals surface area contributed by atoms with Crippen molar-refractivity contribution < 1.29 is 42.5 Å².